The van der Waals surface area contributed by atoms with Gasteiger partial charge in [-0.05, 0) is 61.4 Å². The Morgan fingerprint density at radius 3 is 2.06 bits per heavy atom. The zero-order chi connectivity index (χ0) is 24.2. The third-order valence-corrected chi connectivity index (χ3v) is 7.49. The van der Waals surface area contributed by atoms with Crippen molar-refractivity contribution in [1.82, 2.24) is 5.32 Å². The normalized spacial score (nSPS) is 20.3. The Hall–Kier alpha value is -2.44. The maximum Gasteiger partial charge on any atom is 0.339 e. The highest BCUT2D eigenvalue weighted by atomic mass is 35.5. The van der Waals surface area contributed by atoms with Crippen LogP contribution in [0.15, 0.2) is 89.0 Å². The Morgan fingerprint density at radius 1 is 0.941 bits per heavy atom. The number of hydrogen-bond acceptors (Lipinski definition) is 5. The summed E-state index contributed by atoms with van der Waals surface area (Å²) in [7, 11) is 0. The van der Waals surface area contributed by atoms with Crippen LogP contribution >= 0.6 is 35.0 Å². The van der Waals surface area contributed by atoms with Crippen LogP contribution in [0.2, 0.25) is 10.0 Å². The molecule has 1 heterocycles. The average Bonchev–Trinajstić information content (AvgIpc) is 2.82. The fourth-order valence-electron chi connectivity index (χ4n) is 3.99. The molecular weight excluding hydrogens is 489 g/mol. The van der Waals surface area contributed by atoms with Crippen molar-refractivity contribution < 1.29 is 14.6 Å². The fourth-order valence-corrected chi connectivity index (χ4v) is 5.44. The van der Waals surface area contributed by atoms with Crippen LogP contribution in [-0.2, 0) is 9.53 Å². The summed E-state index contributed by atoms with van der Waals surface area (Å²) >= 11 is 13.7. The molecule has 0 spiro atoms. The summed E-state index contributed by atoms with van der Waals surface area (Å²) in [4.78, 5) is 14.0. The zero-order valence-corrected chi connectivity index (χ0v) is 21.1. The molecule has 0 fully saturated rings. The molecule has 0 unspecified atom stereocenters. The van der Waals surface area contributed by atoms with Crippen LogP contribution in [0.25, 0.3) is 0 Å². The molecule has 4 nitrogen and oxygen atoms in total. The molecule has 0 saturated carbocycles. The Balaban J connectivity index is 1.84. The minimum atomic E-state index is -0.577. The molecule has 0 aliphatic carbocycles. The second kappa shape index (κ2) is 10.9. The van der Waals surface area contributed by atoms with Crippen molar-refractivity contribution in [3.63, 3.8) is 0 Å². The molecular formula is C27H25Cl2NO3S. The number of carbonyl (C=O) groups excluding carboxylic acids is 1. The highest BCUT2D eigenvalue weighted by Crippen LogP contribution is 2.44. The quantitative estimate of drug-likeness (QED) is 0.340. The van der Waals surface area contributed by atoms with Crippen molar-refractivity contribution in [3.05, 3.63) is 111 Å². The van der Waals surface area contributed by atoms with Crippen molar-refractivity contribution in [2.24, 2.45) is 0 Å². The number of rotatable bonds is 6. The highest BCUT2D eigenvalue weighted by Gasteiger charge is 2.42. The van der Waals surface area contributed by atoms with Crippen LogP contribution in [0, 0.1) is 6.92 Å². The average molecular weight is 514 g/mol. The van der Waals surface area contributed by atoms with Crippen LogP contribution in [0.4, 0.5) is 0 Å². The summed E-state index contributed by atoms with van der Waals surface area (Å²) in [6.45, 7) is 3.98. The van der Waals surface area contributed by atoms with Gasteiger partial charge in [0, 0.05) is 14.9 Å². The lowest BCUT2D eigenvalue weighted by atomic mass is 9.88. The first-order valence-electron chi connectivity index (χ1n) is 11.0. The van der Waals surface area contributed by atoms with E-state index in [0.29, 0.717) is 10.0 Å². The van der Waals surface area contributed by atoms with E-state index in [-0.39, 0.29) is 24.0 Å². The summed E-state index contributed by atoms with van der Waals surface area (Å²) in [5.74, 6) is -0.542. The predicted octanol–water partition coefficient (Wildman–Crippen LogP) is 7.22. The standard InChI is InChI=1S/C27H25Cl2NO3S/c1-3-33-27(32)22-23(17-6-10-19(28)11-7-17)30-24(18-8-12-20(29)13-9-18)26(25(22)31)34-21-14-4-16(2)5-15-21/h4-15,23-24,26,30-31H,3H2,1-2H3/t23-,24+,26-/m1/s1. The smallest absolute Gasteiger partial charge is 0.339 e. The van der Waals surface area contributed by atoms with Gasteiger partial charge in [0.1, 0.15) is 5.76 Å². The van der Waals surface area contributed by atoms with Gasteiger partial charge in [-0.25, -0.2) is 4.79 Å². The van der Waals surface area contributed by atoms with Crippen LogP contribution in [0.5, 0.6) is 0 Å². The predicted molar refractivity (Wildman–Crippen MR) is 139 cm³/mol. The Morgan fingerprint density at radius 2 is 1.50 bits per heavy atom. The second-order valence-corrected chi connectivity index (χ2v) is 10.1. The number of aliphatic hydroxyl groups excluding tert-OH is 1. The number of aliphatic hydroxyl groups is 1. The number of benzene rings is 3. The van der Waals surface area contributed by atoms with E-state index in [2.05, 4.69) is 5.32 Å². The molecule has 0 aromatic heterocycles. The summed E-state index contributed by atoms with van der Waals surface area (Å²) in [5.41, 5.74) is 3.10. The van der Waals surface area contributed by atoms with Crippen LogP contribution in [0.3, 0.4) is 0 Å². The molecule has 34 heavy (non-hydrogen) atoms. The minimum Gasteiger partial charge on any atom is -0.510 e. The van der Waals surface area contributed by atoms with E-state index < -0.39 is 17.3 Å². The van der Waals surface area contributed by atoms with Gasteiger partial charge in [-0.15, -0.1) is 11.8 Å². The molecule has 3 aromatic carbocycles. The summed E-state index contributed by atoms with van der Waals surface area (Å²) < 4.78 is 5.35. The number of hydrogen-bond donors (Lipinski definition) is 2. The lowest BCUT2D eigenvalue weighted by Gasteiger charge is -2.38. The molecule has 1 aliphatic rings. The summed E-state index contributed by atoms with van der Waals surface area (Å²) in [6.07, 6.45) is 0. The topological polar surface area (TPSA) is 58.6 Å². The van der Waals surface area contributed by atoms with Crippen LogP contribution in [0.1, 0.15) is 35.7 Å². The number of nitrogens with one attached hydrogen (secondary N) is 1. The van der Waals surface area contributed by atoms with Gasteiger partial charge < -0.3 is 9.84 Å². The zero-order valence-electron chi connectivity index (χ0n) is 18.8. The summed E-state index contributed by atoms with van der Waals surface area (Å²) in [5, 5.41) is 15.9. The third kappa shape index (κ3) is 5.44. The second-order valence-electron chi connectivity index (χ2n) is 8.05. The molecule has 0 bridgehead atoms. The molecule has 0 amide bonds. The fraction of sp³-hybridized carbons (Fsp3) is 0.222. The van der Waals surface area contributed by atoms with Crippen LogP contribution in [-0.4, -0.2) is 22.9 Å². The molecule has 3 atom stereocenters. The first-order chi connectivity index (χ1) is 16.4. The van der Waals surface area contributed by atoms with Gasteiger partial charge >= 0.3 is 5.97 Å². The first kappa shape index (κ1) is 24.7. The van der Waals surface area contributed by atoms with E-state index in [4.69, 9.17) is 27.9 Å². The molecule has 7 heteroatoms. The van der Waals surface area contributed by atoms with Gasteiger partial charge in [0.05, 0.1) is 29.5 Å². The number of esters is 1. The molecule has 1 aliphatic heterocycles. The van der Waals surface area contributed by atoms with Gasteiger partial charge in [0.2, 0.25) is 0 Å². The number of aryl methyl sites for hydroxylation is 1. The maximum atomic E-state index is 13.1. The highest BCUT2D eigenvalue weighted by molar-refractivity contribution is 8.00. The first-order valence-corrected chi connectivity index (χ1v) is 12.6. The molecule has 0 saturated heterocycles. The third-order valence-electron chi connectivity index (χ3n) is 5.69. The van der Waals surface area contributed by atoms with Crippen molar-refractivity contribution in [3.8, 4) is 0 Å². The van der Waals surface area contributed by atoms with E-state index in [1.54, 1.807) is 19.1 Å². The van der Waals surface area contributed by atoms with E-state index in [1.165, 1.54) is 11.8 Å². The summed E-state index contributed by atoms with van der Waals surface area (Å²) in [6, 6.07) is 21.9. The minimum absolute atomic E-state index is 0.00248. The van der Waals surface area contributed by atoms with Crippen LogP contribution < -0.4 is 5.32 Å². The number of ether oxygens (including phenoxy) is 1. The van der Waals surface area contributed by atoms with Gasteiger partial charge in [0.25, 0.3) is 0 Å². The molecule has 176 valence electrons. The van der Waals surface area contributed by atoms with Crippen molar-refractivity contribution in [1.29, 1.82) is 0 Å². The molecule has 3 aromatic rings. The lowest BCUT2D eigenvalue weighted by Crippen LogP contribution is -2.43. The number of carbonyl (C=O) groups is 1. The largest absolute Gasteiger partial charge is 0.510 e. The van der Waals surface area contributed by atoms with Crippen molar-refractivity contribution in [2.75, 3.05) is 6.61 Å². The Kier molecular flexibility index (Phi) is 7.89. The van der Waals surface area contributed by atoms with E-state index in [0.717, 1.165) is 21.6 Å². The lowest BCUT2D eigenvalue weighted by molar-refractivity contribution is -0.139. The van der Waals surface area contributed by atoms with Gasteiger partial charge in [-0.2, -0.15) is 0 Å². The van der Waals surface area contributed by atoms with Gasteiger partial charge in [0.15, 0.2) is 0 Å². The van der Waals surface area contributed by atoms with E-state index in [9.17, 15) is 9.90 Å². The van der Waals surface area contributed by atoms with Crippen molar-refractivity contribution in [2.45, 2.75) is 36.1 Å². The Labute approximate surface area is 213 Å². The number of thioether (sulfide) groups is 1. The maximum absolute atomic E-state index is 13.1. The van der Waals surface area contributed by atoms with Crippen molar-refractivity contribution >= 4 is 40.9 Å². The number of halogens is 2. The SMILES string of the molecule is CCOC(=O)C1=C(O)[C@H](Sc2ccc(C)cc2)[C@H](c2ccc(Cl)cc2)N[C@@H]1c1ccc(Cl)cc1. The Bertz CT molecular complexity index is 1180. The molecule has 2 N–H and O–H groups in total. The molecule has 0 radical (unpaired) electrons. The van der Waals surface area contributed by atoms with E-state index in [1.807, 2.05) is 67.6 Å². The monoisotopic (exact) mass is 513 g/mol. The van der Waals surface area contributed by atoms with E-state index >= 15 is 0 Å². The molecule has 4 rings (SSSR count). The van der Waals surface area contributed by atoms with Gasteiger partial charge in [-0.3, -0.25) is 5.32 Å². The van der Waals surface area contributed by atoms with Gasteiger partial charge in [-0.1, -0.05) is 65.2 Å².